The lowest BCUT2D eigenvalue weighted by Crippen LogP contribution is -2.32. The molecular formula is C19H17N3O5S. The highest BCUT2D eigenvalue weighted by molar-refractivity contribution is 7.80. The van der Waals surface area contributed by atoms with Gasteiger partial charge in [-0.05, 0) is 67.2 Å². The zero-order chi connectivity index (χ0) is 20.5. The maximum Gasteiger partial charge on any atom is 0.338 e. The van der Waals surface area contributed by atoms with Crippen LogP contribution in [0.15, 0.2) is 54.6 Å². The van der Waals surface area contributed by atoms with Gasteiger partial charge < -0.3 is 10.1 Å². The lowest BCUT2D eigenvalue weighted by molar-refractivity contribution is -0.384. The van der Waals surface area contributed by atoms with Crippen LogP contribution in [0.5, 0.6) is 0 Å². The number of carbonyl (C=O) groups is 2. The quantitative estimate of drug-likeness (QED) is 0.252. The van der Waals surface area contributed by atoms with Crippen LogP contribution in [0.2, 0.25) is 0 Å². The summed E-state index contributed by atoms with van der Waals surface area (Å²) in [6.07, 6.45) is 2.77. The highest BCUT2D eigenvalue weighted by Gasteiger charge is 2.07. The first-order valence-corrected chi connectivity index (χ1v) is 8.61. The predicted octanol–water partition coefficient (Wildman–Crippen LogP) is 3.30. The normalized spacial score (nSPS) is 10.3. The van der Waals surface area contributed by atoms with Crippen molar-refractivity contribution in [3.05, 3.63) is 75.8 Å². The molecule has 9 heteroatoms. The van der Waals surface area contributed by atoms with E-state index in [0.29, 0.717) is 23.4 Å². The van der Waals surface area contributed by atoms with Gasteiger partial charge in [0.25, 0.3) is 5.69 Å². The Bertz CT molecular complexity index is 908. The van der Waals surface area contributed by atoms with Crippen LogP contribution in [0.4, 0.5) is 11.4 Å². The molecule has 0 heterocycles. The molecule has 0 bridgehead atoms. The van der Waals surface area contributed by atoms with Crippen LogP contribution < -0.4 is 10.6 Å². The summed E-state index contributed by atoms with van der Waals surface area (Å²) in [6.45, 7) is 2.02. The molecule has 2 N–H and O–H groups in total. The van der Waals surface area contributed by atoms with Gasteiger partial charge in [0.15, 0.2) is 5.11 Å². The van der Waals surface area contributed by atoms with E-state index in [1.54, 1.807) is 31.2 Å². The summed E-state index contributed by atoms with van der Waals surface area (Å²) in [5, 5.41) is 16.0. The molecule has 0 unspecified atom stereocenters. The van der Waals surface area contributed by atoms with Crippen molar-refractivity contribution in [3.8, 4) is 0 Å². The number of hydrogen-bond donors (Lipinski definition) is 2. The number of hydrogen-bond acceptors (Lipinski definition) is 6. The van der Waals surface area contributed by atoms with Gasteiger partial charge in [0.05, 0.1) is 17.1 Å². The predicted molar refractivity (Wildman–Crippen MR) is 109 cm³/mol. The maximum absolute atomic E-state index is 11.9. The van der Waals surface area contributed by atoms with Gasteiger partial charge in [0.1, 0.15) is 0 Å². The number of carbonyl (C=O) groups excluding carboxylic acids is 2. The van der Waals surface area contributed by atoms with E-state index < -0.39 is 16.8 Å². The molecule has 0 atom stereocenters. The molecule has 0 aliphatic carbocycles. The topological polar surface area (TPSA) is 111 Å². The van der Waals surface area contributed by atoms with E-state index in [0.717, 1.165) is 0 Å². The summed E-state index contributed by atoms with van der Waals surface area (Å²) in [7, 11) is 0. The maximum atomic E-state index is 11.9. The van der Waals surface area contributed by atoms with Gasteiger partial charge in [-0.1, -0.05) is 0 Å². The van der Waals surface area contributed by atoms with Crippen molar-refractivity contribution < 1.29 is 19.2 Å². The summed E-state index contributed by atoms with van der Waals surface area (Å²) in [5.74, 6) is -0.875. The Morgan fingerprint density at radius 1 is 1.14 bits per heavy atom. The van der Waals surface area contributed by atoms with Crippen molar-refractivity contribution in [2.45, 2.75) is 6.92 Å². The number of esters is 1. The van der Waals surface area contributed by atoms with E-state index in [-0.39, 0.29) is 10.8 Å². The number of nitrogens with one attached hydrogen (secondary N) is 2. The van der Waals surface area contributed by atoms with Gasteiger partial charge in [-0.15, -0.1) is 0 Å². The fourth-order valence-electron chi connectivity index (χ4n) is 2.10. The second kappa shape index (κ2) is 9.93. The Balaban J connectivity index is 1.87. The molecule has 0 saturated heterocycles. The third-order valence-corrected chi connectivity index (χ3v) is 3.63. The van der Waals surface area contributed by atoms with E-state index in [1.165, 1.54) is 36.4 Å². The molecule has 1 amide bonds. The molecule has 0 saturated carbocycles. The first kappa shape index (κ1) is 20.7. The molecule has 8 nitrogen and oxygen atoms in total. The molecule has 0 aromatic heterocycles. The number of nitrogens with zero attached hydrogens (tertiary/aromatic N) is 1. The molecule has 2 aromatic carbocycles. The fraction of sp³-hybridized carbons (Fsp3) is 0.105. The SMILES string of the molecule is CCOC(=O)c1ccc(NC(=S)NC(=O)/C=C/c2ccc([N+](=O)[O-])cc2)cc1. The number of thiocarbonyl (C=S) groups is 1. The molecule has 0 radical (unpaired) electrons. The smallest absolute Gasteiger partial charge is 0.338 e. The zero-order valence-electron chi connectivity index (χ0n) is 14.9. The molecule has 28 heavy (non-hydrogen) atoms. The average molecular weight is 399 g/mol. The minimum absolute atomic E-state index is 0.0269. The highest BCUT2D eigenvalue weighted by atomic mass is 32.1. The standard InChI is InChI=1S/C19H17N3O5S/c1-2-27-18(24)14-6-8-15(9-7-14)20-19(28)21-17(23)12-5-13-3-10-16(11-4-13)22(25)26/h3-12H,2H2,1H3,(H2,20,21,23,28)/b12-5+. The minimum atomic E-state index is -0.496. The molecule has 0 aliphatic rings. The van der Waals surface area contributed by atoms with Crippen molar-refractivity contribution in [3.63, 3.8) is 0 Å². The van der Waals surface area contributed by atoms with Crippen LogP contribution in [0.1, 0.15) is 22.8 Å². The van der Waals surface area contributed by atoms with E-state index in [9.17, 15) is 19.7 Å². The van der Waals surface area contributed by atoms with Crippen LogP contribution in [-0.4, -0.2) is 28.5 Å². The fourth-order valence-corrected chi connectivity index (χ4v) is 2.32. The first-order valence-electron chi connectivity index (χ1n) is 8.20. The van der Waals surface area contributed by atoms with Crippen LogP contribution in [0.3, 0.4) is 0 Å². The van der Waals surface area contributed by atoms with E-state index >= 15 is 0 Å². The second-order valence-corrected chi connectivity index (χ2v) is 5.83. The number of anilines is 1. The van der Waals surface area contributed by atoms with Gasteiger partial charge in [-0.3, -0.25) is 20.2 Å². The van der Waals surface area contributed by atoms with Crippen LogP contribution in [-0.2, 0) is 9.53 Å². The third kappa shape index (κ3) is 6.29. The number of nitro benzene ring substituents is 1. The summed E-state index contributed by atoms with van der Waals surface area (Å²) in [6, 6.07) is 12.2. The Morgan fingerprint density at radius 3 is 2.36 bits per heavy atom. The zero-order valence-corrected chi connectivity index (χ0v) is 15.7. The number of benzene rings is 2. The Labute approximate surface area is 166 Å². The summed E-state index contributed by atoms with van der Waals surface area (Å²) in [4.78, 5) is 33.6. The van der Waals surface area contributed by atoms with Crippen LogP contribution >= 0.6 is 12.2 Å². The van der Waals surface area contributed by atoms with Gasteiger partial charge >= 0.3 is 5.97 Å². The molecule has 0 fully saturated rings. The largest absolute Gasteiger partial charge is 0.462 e. The van der Waals surface area contributed by atoms with Crippen LogP contribution in [0, 0.1) is 10.1 Å². The number of rotatable bonds is 6. The average Bonchev–Trinajstić information content (AvgIpc) is 2.67. The molecule has 144 valence electrons. The molecule has 2 aromatic rings. The first-order chi connectivity index (χ1) is 13.4. The van der Waals surface area contributed by atoms with Crippen LogP contribution in [0.25, 0.3) is 6.08 Å². The summed E-state index contributed by atoms with van der Waals surface area (Å²) in [5.41, 5.74) is 1.61. The van der Waals surface area contributed by atoms with E-state index in [4.69, 9.17) is 17.0 Å². The van der Waals surface area contributed by atoms with Crippen molar-refractivity contribution in [1.82, 2.24) is 5.32 Å². The summed E-state index contributed by atoms with van der Waals surface area (Å²) < 4.78 is 4.90. The number of ether oxygens (including phenoxy) is 1. The minimum Gasteiger partial charge on any atom is -0.462 e. The van der Waals surface area contributed by atoms with Crippen molar-refractivity contribution >= 4 is 46.7 Å². The third-order valence-electron chi connectivity index (χ3n) is 3.42. The Kier molecular flexibility index (Phi) is 7.35. The van der Waals surface area contributed by atoms with Crippen molar-refractivity contribution in [2.24, 2.45) is 0 Å². The Morgan fingerprint density at radius 2 is 1.79 bits per heavy atom. The van der Waals surface area contributed by atoms with Gasteiger partial charge in [0, 0.05) is 23.9 Å². The van der Waals surface area contributed by atoms with E-state index in [1.807, 2.05) is 0 Å². The number of non-ortho nitro benzene ring substituents is 1. The molecule has 0 spiro atoms. The molecule has 2 rings (SSSR count). The van der Waals surface area contributed by atoms with Crippen molar-refractivity contribution in [2.75, 3.05) is 11.9 Å². The lowest BCUT2D eigenvalue weighted by Gasteiger charge is -2.09. The molecule has 0 aliphatic heterocycles. The lowest BCUT2D eigenvalue weighted by atomic mass is 10.2. The monoisotopic (exact) mass is 399 g/mol. The van der Waals surface area contributed by atoms with Gasteiger partial charge in [-0.2, -0.15) is 0 Å². The highest BCUT2D eigenvalue weighted by Crippen LogP contribution is 2.13. The Hall–Kier alpha value is -3.59. The summed E-state index contributed by atoms with van der Waals surface area (Å²) >= 11 is 5.07. The number of nitro groups is 1. The molecular weight excluding hydrogens is 382 g/mol. The van der Waals surface area contributed by atoms with E-state index in [2.05, 4.69) is 10.6 Å². The van der Waals surface area contributed by atoms with Crippen molar-refractivity contribution in [1.29, 1.82) is 0 Å². The van der Waals surface area contributed by atoms with Gasteiger partial charge in [0.2, 0.25) is 5.91 Å². The number of amides is 1. The van der Waals surface area contributed by atoms with Gasteiger partial charge in [-0.25, -0.2) is 4.79 Å². The second-order valence-electron chi connectivity index (χ2n) is 5.42.